The van der Waals surface area contributed by atoms with Crippen LogP contribution in [0.1, 0.15) is 24.0 Å². The highest BCUT2D eigenvalue weighted by molar-refractivity contribution is 5.99. The molecule has 16 heavy (non-hydrogen) atoms. The number of allylic oxidation sites excluding steroid dienone is 1. The van der Waals surface area contributed by atoms with E-state index in [-0.39, 0.29) is 5.91 Å². The molecule has 2 nitrogen and oxygen atoms in total. The lowest BCUT2D eigenvalue weighted by Gasteiger charge is -2.07. The van der Waals surface area contributed by atoms with Crippen LogP contribution in [-0.2, 0) is 11.2 Å². The molecular weight excluding hydrogens is 198 g/mol. The van der Waals surface area contributed by atoms with Gasteiger partial charge in [0.15, 0.2) is 0 Å². The van der Waals surface area contributed by atoms with Crippen molar-refractivity contribution < 1.29 is 4.79 Å². The molecule has 2 heteroatoms. The molecule has 82 valence electrons. The van der Waals surface area contributed by atoms with Crippen LogP contribution in [0.5, 0.6) is 0 Å². The smallest absolute Gasteiger partial charge is 0.247 e. The minimum Gasteiger partial charge on any atom is -0.323 e. The van der Waals surface area contributed by atoms with E-state index in [0.717, 1.165) is 18.5 Å². The quantitative estimate of drug-likeness (QED) is 0.751. The Labute approximate surface area is 95.7 Å². The Morgan fingerprint density at radius 3 is 3.12 bits per heavy atom. The first kappa shape index (κ1) is 10.7. The van der Waals surface area contributed by atoms with Gasteiger partial charge in [-0.05, 0) is 48.6 Å². The Hall–Kier alpha value is -1.83. The minimum atomic E-state index is -0.169. The van der Waals surface area contributed by atoms with Gasteiger partial charge in [-0.25, -0.2) is 0 Å². The van der Waals surface area contributed by atoms with Crippen molar-refractivity contribution in [1.29, 1.82) is 0 Å². The number of nitrogens with one attached hydrogen (secondary N) is 1. The van der Waals surface area contributed by atoms with Crippen molar-refractivity contribution in [1.82, 2.24) is 0 Å². The number of anilines is 1. The molecule has 0 unspecified atom stereocenters. The maximum atomic E-state index is 11.2. The van der Waals surface area contributed by atoms with Gasteiger partial charge in [0.1, 0.15) is 0 Å². The summed E-state index contributed by atoms with van der Waals surface area (Å²) in [5.74, 6) is -0.169. The molecule has 1 amide bonds. The van der Waals surface area contributed by atoms with Crippen molar-refractivity contribution in [2.45, 2.75) is 19.3 Å². The summed E-state index contributed by atoms with van der Waals surface area (Å²) in [5, 5.41) is 2.77. The first-order chi connectivity index (χ1) is 7.79. The van der Waals surface area contributed by atoms with Crippen LogP contribution in [0.4, 0.5) is 5.69 Å². The Balaban J connectivity index is 2.26. The lowest BCUT2D eigenvalue weighted by atomic mass is 10.0. The summed E-state index contributed by atoms with van der Waals surface area (Å²) in [6, 6.07) is 6.04. The molecule has 0 spiro atoms. The predicted molar refractivity (Wildman–Crippen MR) is 67.2 cm³/mol. The van der Waals surface area contributed by atoms with E-state index in [9.17, 15) is 4.79 Å². The van der Waals surface area contributed by atoms with Crippen molar-refractivity contribution in [2.24, 2.45) is 0 Å². The van der Waals surface area contributed by atoms with Crippen molar-refractivity contribution in [2.75, 3.05) is 5.32 Å². The highest BCUT2D eigenvalue weighted by Gasteiger charge is 2.05. The van der Waals surface area contributed by atoms with E-state index in [1.54, 1.807) is 0 Å². The van der Waals surface area contributed by atoms with Crippen LogP contribution in [-0.4, -0.2) is 5.91 Å². The van der Waals surface area contributed by atoms with Gasteiger partial charge >= 0.3 is 0 Å². The van der Waals surface area contributed by atoms with Crippen LogP contribution in [0, 0.1) is 0 Å². The fourth-order valence-electron chi connectivity index (χ4n) is 1.87. The highest BCUT2D eigenvalue weighted by Crippen LogP contribution is 2.22. The van der Waals surface area contributed by atoms with E-state index >= 15 is 0 Å². The second-order valence-electron chi connectivity index (χ2n) is 3.90. The van der Waals surface area contributed by atoms with Gasteiger partial charge < -0.3 is 5.32 Å². The molecule has 0 bridgehead atoms. The molecule has 1 aliphatic carbocycles. The summed E-state index contributed by atoms with van der Waals surface area (Å²) in [6.07, 6.45) is 9.03. The van der Waals surface area contributed by atoms with Crippen LogP contribution in [0.3, 0.4) is 0 Å². The van der Waals surface area contributed by atoms with Gasteiger partial charge in [-0.3, -0.25) is 4.79 Å². The molecule has 2 rings (SSSR count). The molecule has 0 aliphatic heterocycles. The molecular formula is C14H15NO. The third kappa shape index (κ3) is 2.40. The number of carbonyl (C=O) groups excluding carboxylic acids is 1. The summed E-state index contributed by atoms with van der Waals surface area (Å²) in [4.78, 5) is 11.2. The summed E-state index contributed by atoms with van der Waals surface area (Å²) < 4.78 is 0. The zero-order chi connectivity index (χ0) is 11.4. The zero-order valence-electron chi connectivity index (χ0n) is 9.20. The molecule has 0 atom stereocenters. The SMILES string of the molecule is C=CC(=O)Nc1ccc2c(c1)C=CCCC2. The van der Waals surface area contributed by atoms with Crippen molar-refractivity contribution in [3.05, 3.63) is 48.1 Å². The van der Waals surface area contributed by atoms with Gasteiger partial charge in [-0.15, -0.1) is 0 Å². The van der Waals surface area contributed by atoms with E-state index in [2.05, 4.69) is 30.1 Å². The first-order valence-corrected chi connectivity index (χ1v) is 5.52. The van der Waals surface area contributed by atoms with E-state index in [0.29, 0.717) is 0 Å². The summed E-state index contributed by atoms with van der Waals surface area (Å²) in [5.41, 5.74) is 3.39. The van der Waals surface area contributed by atoms with Crippen LogP contribution in [0.2, 0.25) is 0 Å². The van der Waals surface area contributed by atoms with Crippen LogP contribution < -0.4 is 5.32 Å². The molecule has 0 heterocycles. The lowest BCUT2D eigenvalue weighted by Crippen LogP contribution is -2.07. The molecule has 0 fully saturated rings. The van der Waals surface area contributed by atoms with Crippen molar-refractivity contribution in [3.63, 3.8) is 0 Å². The number of aryl methyl sites for hydroxylation is 1. The molecule has 0 aromatic heterocycles. The third-order valence-electron chi connectivity index (χ3n) is 2.71. The lowest BCUT2D eigenvalue weighted by molar-refractivity contribution is -0.111. The van der Waals surface area contributed by atoms with Crippen LogP contribution in [0.25, 0.3) is 6.08 Å². The van der Waals surface area contributed by atoms with Crippen molar-refractivity contribution >= 4 is 17.7 Å². The largest absolute Gasteiger partial charge is 0.323 e. The fourth-order valence-corrected chi connectivity index (χ4v) is 1.87. The number of amides is 1. The Morgan fingerprint density at radius 1 is 1.44 bits per heavy atom. The molecule has 0 saturated carbocycles. The van der Waals surface area contributed by atoms with Gasteiger partial charge in [0.2, 0.25) is 5.91 Å². The predicted octanol–water partition coefficient (Wildman–Crippen LogP) is 3.16. The van der Waals surface area contributed by atoms with E-state index < -0.39 is 0 Å². The third-order valence-corrected chi connectivity index (χ3v) is 2.71. The topological polar surface area (TPSA) is 29.1 Å². The Morgan fingerprint density at radius 2 is 2.31 bits per heavy atom. The Kier molecular flexibility index (Phi) is 3.20. The highest BCUT2D eigenvalue weighted by atomic mass is 16.1. The summed E-state index contributed by atoms with van der Waals surface area (Å²) >= 11 is 0. The second kappa shape index (κ2) is 4.79. The number of carbonyl (C=O) groups is 1. The van der Waals surface area contributed by atoms with Crippen LogP contribution >= 0.6 is 0 Å². The van der Waals surface area contributed by atoms with Gasteiger partial charge in [-0.1, -0.05) is 24.8 Å². The molecule has 0 saturated heterocycles. The number of rotatable bonds is 2. The van der Waals surface area contributed by atoms with Gasteiger partial charge in [0.25, 0.3) is 0 Å². The maximum absolute atomic E-state index is 11.2. The molecule has 1 N–H and O–H groups in total. The number of benzene rings is 1. The number of hydrogen-bond acceptors (Lipinski definition) is 1. The maximum Gasteiger partial charge on any atom is 0.247 e. The second-order valence-corrected chi connectivity index (χ2v) is 3.90. The normalized spacial score (nSPS) is 13.8. The first-order valence-electron chi connectivity index (χ1n) is 5.52. The number of hydrogen-bond donors (Lipinski definition) is 1. The molecule has 1 aliphatic rings. The van der Waals surface area contributed by atoms with Gasteiger partial charge in [0, 0.05) is 5.69 Å². The average Bonchev–Trinajstić information content (AvgIpc) is 2.53. The Bertz CT molecular complexity index is 446. The summed E-state index contributed by atoms with van der Waals surface area (Å²) in [6.45, 7) is 3.43. The minimum absolute atomic E-state index is 0.169. The van der Waals surface area contributed by atoms with Crippen LogP contribution in [0.15, 0.2) is 36.9 Å². The van der Waals surface area contributed by atoms with Crippen molar-refractivity contribution in [3.8, 4) is 0 Å². The van der Waals surface area contributed by atoms with Gasteiger partial charge in [0.05, 0.1) is 0 Å². The molecule has 1 aromatic rings. The average molecular weight is 213 g/mol. The van der Waals surface area contributed by atoms with E-state index in [1.165, 1.54) is 23.6 Å². The zero-order valence-corrected chi connectivity index (χ0v) is 9.20. The standard InChI is InChI=1S/C14H15NO/c1-2-14(16)15-13-9-8-11-6-4-3-5-7-12(11)10-13/h2,5,7-10H,1,3-4,6H2,(H,15,16). The molecule has 0 radical (unpaired) electrons. The monoisotopic (exact) mass is 213 g/mol. The van der Waals surface area contributed by atoms with E-state index in [4.69, 9.17) is 0 Å². The number of fused-ring (bicyclic) bond motifs is 1. The molecule has 1 aromatic carbocycles. The summed E-state index contributed by atoms with van der Waals surface area (Å²) in [7, 11) is 0. The van der Waals surface area contributed by atoms with Gasteiger partial charge in [-0.2, -0.15) is 0 Å². The van der Waals surface area contributed by atoms with E-state index in [1.807, 2.05) is 12.1 Å². The fraction of sp³-hybridized carbons (Fsp3) is 0.214.